The van der Waals surface area contributed by atoms with E-state index in [1.165, 1.54) is 0 Å². The lowest BCUT2D eigenvalue weighted by molar-refractivity contribution is 0.417. The van der Waals surface area contributed by atoms with Crippen molar-refractivity contribution >= 4 is 17.6 Å². The highest BCUT2D eigenvalue weighted by molar-refractivity contribution is 5.73. The van der Waals surface area contributed by atoms with E-state index in [0.29, 0.717) is 12.1 Å². The normalized spacial score (nSPS) is 14.2. The highest BCUT2D eigenvalue weighted by Crippen LogP contribution is 2.25. The van der Waals surface area contributed by atoms with Gasteiger partial charge in [0, 0.05) is 32.8 Å². The first-order chi connectivity index (χ1) is 9.22. The first kappa shape index (κ1) is 13.0. The fourth-order valence-electron chi connectivity index (χ4n) is 1.74. The van der Waals surface area contributed by atoms with Crippen molar-refractivity contribution in [2.24, 2.45) is 4.99 Å². The Morgan fingerprint density at radius 2 is 2.11 bits per heavy atom. The van der Waals surface area contributed by atoms with Crippen LogP contribution < -0.4 is 21.1 Å². The number of allylic oxidation sites excluding steroid dienone is 2. The molecule has 0 unspecified atom stereocenters. The van der Waals surface area contributed by atoms with E-state index >= 15 is 0 Å². The van der Waals surface area contributed by atoms with Gasteiger partial charge in [-0.3, -0.25) is 0 Å². The molecule has 1 aliphatic heterocycles. The molecule has 5 nitrogen and oxygen atoms in total. The molecule has 2 rings (SSSR count). The van der Waals surface area contributed by atoms with E-state index in [0.717, 1.165) is 23.0 Å². The smallest absolute Gasteiger partial charge is 0.129 e. The van der Waals surface area contributed by atoms with E-state index in [1.54, 1.807) is 12.3 Å². The van der Waals surface area contributed by atoms with Gasteiger partial charge in [0.1, 0.15) is 17.3 Å². The predicted molar refractivity (Wildman–Crippen MR) is 79.4 cm³/mol. The molecule has 1 aromatic rings. The van der Waals surface area contributed by atoms with E-state index in [9.17, 15) is 0 Å². The number of nitrogen functional groups attached to an aromatic ring is 1. The minimum atomic E-state index is 0.661. The van der Waals surface area contributed by atoms with E-state index in [1.807, 2.05) is 38.4 Å². The van der Waals surface area contributed by atoms with Crippen molar-refractivity contribution in [3.63, 3.8) is 0 Å². The molecular formula is C14H18N4O. The molecule has 0 spiro atoms. The second kappa shape index (κ2) is 5.95. The summed E-state index contributed by atoms with van der Waals surface area (Å²) in [6, 6.07) is 5.58. The van der Waals surface area contributed by atoms with Crippen LogP contribution in [0.15, 0.2) is 46.9 Å². The second-order valence-corrected chi connectivity index (χ2v) is 4.06. The molecule has 5 heteroatoms. The van der Waals surface area contributed by atoms with Crippen molar-refractivity contribution in [1.29, 1.82) is 0 Å². The van der Waals surface area contributed by atoms with Crippen LogP contribution >= 0.6 is 0 Å². The Morgan fingerprint density at radius 1 is 1.26 bits per heavy atom. The molecule has 100 valence electrons. The number of benzene rings is 1. The maximum atomic E-state index is 5.90. The summed E-state index contributed by atoms with van der Waals surface area (Å²) in [7, 11) is 3.67. The maximum Gasteiger partial charge on any atom is 0.129 e. The molecule has 0 saturated heterocycles. The van der Waals surface area contributed by atoms with Crippen molar-refractivity contribution in [3.05, 3.63) is 41.9 Å². The highest BCUT2D eigenvalue weighted by Gasteiger charge is 2.05. The zero-order chi connectivity index (χ0) is 13.7. The zero-order valence-corrected chi connectivity index (χ0v) is 11.1. The SMILES string of the molecule is CNC1=CCC(Oc2ccc(NC)c(N)c2)=CC=N1. The number of ether oxygens (including phenoxy) is 1. The molecule has 1 aliphatic rings. The summed E-state index contributed by atoms with van der Waals surface area (Å²) in [5, 5.41) is 6.01. The van der Waals surface area contributed by atoms with Gasteiger partial charge in [-0.25, -0.2) is 4.99 Å². The predicted octanol–water partition coefficient (Wildman–Crippen LogP) is 2.11. The number of nitrogens with one attached hydrogen (secondary N) is 2. The number of nitrogens with two attached hydrogens (primary N) is 1. The second-order valence-electron chi connectivity index (χ2n) is 4.06. The number of hydrogen-bond acceptors (Lipinski definition) is 5. The van der Waals surface area contributed by atoms with Crippen molar-refractivity contribution in [2.45, 2.75) is 6.42 Å². The van der Waals surface area contributed by atoms with Crippen LogP contribution in [0.1, 0.15) is 6.42 Å². The summed E-state index contributed by atoms with van der Waals surface area (Å²) in [4.78, 5) is 4.21. The van der Waals surface area contributed by atoms with Crippen LogP contribution in [0.2, 0.25) is 0 Å². The van der Waals surface area contributed by atoms with Crippen LogP contribution in [0.5, 0.6) is 5.75 Å². The number of anilines is 2. The Labute approximate surface area is 112 Å². The maximum absolute atomic E-state index is 5.90. The van der Waals surface area contributed by atoms with Crippen LogP contribution in [0, 0.1) is 0 Å². The molecule has 19 heavy (non-hydrogen) atoms. The van der Waals surface area contributed by atoms with Crippen LogP contribution in [0.4, 0.5) is 11.4 Å². The van der Waals surface area contributed by atoms with E-state index in [2.05, 4.69) is 15.6 Å². The van der Waals surface area contributed by atoms with Gasteiger partial charge in [-0.2, -0.15) is 0 Å². The Morgan fingerprint density at radius 3 is 2.79 bits per heavy atom. The third kappa shape index (κ3) is 3.28. The lowest BCUT2D eigenvalue weighted by atomic mass is 10.2. The monoisotopic (exact) mass is 258 g/mol. The average Bonchev–Trinajstić information content (AvgIpc) is 2.64. The minimum absolute atomic E-state index is 0.661. The standard InChI is InChI=1S/C14H18N4O/c1-16-13-5-3-11(9-12(13)15)19-10-4-6-14(17-2)18-8-7-10/h3,5-9,16-17H,4,15H2,1-2H3. The van der Waals surface area contributed by atoms with Gasteiger partial charge in [-0.15, -0.1) is 0 Å². The number of hydrogen-bond donors (Lipinski definition) is 3. The molecule has 0 fully saturated rings. The molecule has 1 aromatic carbocycles. The van der Waals surface area contributed by atoms with Gasteiger partial charge in [-0.05, 0) is 24.3 Å². The molecule has 0 aliphatic carbocycles. The summed E-state index contributed by atoms with van der Waals surface area (Å²) in [6.07, 6.45) is 6.23. The summed E-state index contributed by atoms with van der Waals surface area (Å²) < 4.78 is 5.80. The van der Waals surface area contributed by atoms with E-state index in [-0.39, 0.29) is 0 Å². The van der Waals surface area contributed by atoms with Gasteiger partial charge < -0.3 is 21.1 Å². The quantitative estimate of drug-likeness (QED) is 0.723. The molecule has 1 heterocycles. The van der Waals surface area contributed by atoms with Gasteiger partial charge in [0.2, 0.25) is 0 Å². The lowest BCUT2D eigenvalue weighted by Gasteiger charge is -2.10. The fourth-order valence-corrected chi connectivity index (χ4v) is 1.74. The van der Waals surface area contributed by atoms with Crippen LogP contribution in [-0.2, 0) is 0 Å². The van der Waals surface area contributed by atoms with E-state index < -0.39 is 0 Å². The van der Waals surface area contributed by atoms with Crippen LogP contribution in [-0.4, -0.2) is 20.3 Å². The highest BCUT2D eigenvalue weighted by atomic mass is 16.5. The average molecular weight is 258 g/mol. The van der Waals surface area contributed by atoms with E-state index in [4.69, 9.17) is 10.5 Å². The van der Waals surface area contributed by atoms with Crippen LogP contribution in [0.3, 0.4) is 0 Å². The summed E-state index contributed by atoms with van der Waals surface area (Å²) in [5.74, 6) is 2.38. The first-order valence-corrected chi connectivity index (χ1v) is 6.09. The molecule has 0 atom stereocenters. The summed E-state index contributed by atoms with van der Waals surface area (Å²) in [5.41, 5.74) is 7.45. The third-order valence-electron chi connectivity index (χ3n) is 2.77. The van der Waals surface area contributed by atoms with Crippen molar-refractivity contribution < 1.29 is 4.74 Å². The number of aliphatic imine (C=N–C) groups is 1. The molecule has 0 amide bonds. The van der Waals surface area contributed by atoms with Crippen molar-refractivity contribution in [3.8, 4) is 5.75 Å². The Hall–Kier alpha value is -2.43. The third-order valence-corrected chi connectivity index (χ3v) is 2.77. The number of rotatable bonds is 4. The van der Waals surface area contributed by atoms with Gasteiger partial charge in [-0.1, -0.05) is 0 Å². The van der Waals surface area contributed by atoms with Crippen molar-refractivity contribution in [2.75, 3.05) is 25.1 Å². The molecule has 4 N–H and O–H groups in total. The fraction of sp³-hybridized carbons (Fsp3) is 0.214. The Balaban J connectivity index is 2.10. The van der Waals surface area contributed by atoms with Crippen molar-refractivity contribution in [1.82, 2.24) is 5.32 Å². The minimum Gasteiger partial charge on any atom is -0.461 e. The van der Waals surface area contributed by atoms with Crippen LogP contribution in [0.25, 0.3) is 0 Å². The Bertz CT molecular complexity index is 546. The van der Waals surface area contributed by atoms with Gasteiger partial charge >= 0.3 is 0 Å². The molecule has 0 radical (unpaired) electrons. The molecule has 0 saturated carbocycles. The molecule has 0 aromatic heterocycles. The van der Waals surface area contributed by atoms with Gasteiger partial charge in [0.15, 0.2) is 0 Å². The lowest BCUT2D eigenvalue weighted by Crippen LogP contribution is -2.02. The van der Waals surface area contributed by atoms with Gasteiger partial charge in [0.25, 0.3) is 0 Å². The Kier molecular flexibility index (Phi) is 4.07. The first-order valence-electron chi connectivity index (χ1n) is 6.09. The number of nitrogens with zero attached hydrogens (tertiary/aromatic N) is 1. The zero-order valence-electron chi connectivity index (χ0n) is 11.1. The largest absolute Gasteiger partial charge is 0.461 e. The summed E-state index contributed by atoms with van der Waals surface area (Å²) >= 11 is 0. The molecule has 0 bridgehead atoms. The van der Waals surface area contributed by atoms with Gasteiger partial charge in [0.05, 0.1) is 11.4 Å². The molecular weight excluding hydrogens is 240 g/mol. The summed E-state index contributed by atoms with van der Waals surface area (Å²) in [6.45, 7) is 0. The topological polar surface area (TPSA) is 71.7 Å².